The van der Waals surface area contributed by atoms with Crippen molar-refractivity contribution in [2.24, 2.45) is 5.92 Å². The van der Waals surface area contributed by atoms with Gasteiger partial charge in [-0.15, -0.1) is 0 Å². The lowest BCUT2D eigenvalue weighted by Crippen LogP contribution is -2.11. The molecule has 0 unspecified atom stereocenters. The van der Waals surface area contributed by atoms with Gasteiger partial charge in [-0.3, -0.25) is 4.79 Å². The highest BCUT2D eigenvalue weighted by Crippen LogP contribution is 2.15. The van der Waals surface area contributed by atoms with Crippen molar-refractivity contribution in [3.8, 4) is 5.75 Å². The zero-order valence-corrected chi connectivity index (χ0v) is 11.8. The zero-order valence-electron chi connectivity index (χ0n) is 11.8. The maximum atomic E-state index is 12.0. The van der Waals surface area contributed by atoms with Gasteiger partial charge in [0.2, 0.25) is 0 Å². The molecule has 0 bridgehead atoms. The third-order valence-corrected chi connectivity index (χ3v) is 2.73. The van der Waals surface area contributed by atoms with Crippen LogP contribution in [0.25, 0.3) is 0 Å². The van der Waals surface area contributed by atoms with Crippen LogP contribution in [0.3, 0.4) is 0 Å². The molecule has 1 N–H and O–H groups in total. The van der Waals surface area contributed by atoms with Gasteiger partial charge < -0.3 is 10.1 Å². The van der Waals surface area contributed by atoms with E-state index in [4.69, 9.17) is 4.74 Å². The molecule has 20 heavy (non-hydrogen) atoms. The van der Waals surface area contributed by atoms with E-state index in [-0.39, 0.29) is 5.91 Å². The molecule has 0 radical (unpaired) electrons. The number of ether oxygens (including phenoxy) is 1. The van der Waals surface area contributed by atoms with Crippen molar-refractivity contribution >= 4 is 11.6 Å². The highest BCUT2D eigenvalue weighted by Gasteiger charge is 2.06. The molecular weight excluding hydrogens is 250 g/mol. The van der Waals surface area contributed by atoms with E-state index >= 15 is 0 Å². The van der Waals surface area contributed by atoms with Crippen LogP contribution in [0.5, 0.6) is 5.75 Å². The number of hydrogen-bond acceptors (Lipinski definition) is 2. The molecule has 3 heteroatoms. The SMILES string of the molecule is CC(C)COc1ccc(C(=O)Nc2ccccc2)cc1. The molecule has 1 amide bonds. The molecule has 0 aromatic heterocycles. The predicted octanol–water partition coefficient (Wildman–Crippen LogP) is 3.97. The van der Waals surface area contributed by atoms with E-state index in [2.05, 4.69) is 19.2 Å². The minimum absolute atomic E-state index is 0.119. The fraction of sp³-hybridized carbons (Fsp3) is 0.235. The largest absolute Gasteiger partial charge is 0.493 e. The molecule has 0 fully saturated rings. The van der Waals surface area contributed by atoms with Gasteiger partial charge in [0.15, 0.2) is 0 Å². The highest BCUT2D eigenvalue weighted by molar-refractivity contribution is 6.04. The van der Waals surface area contributed by atoms with Crippen LogP contribution in [0, 0.1) is 5.92 Å². The van der Waals surface area contributed by atoms with E-state index in [1.54, 1.807) is 12.1 Å². The van der Waals surface area contributed by atoms with Crippen molar-refractivity contribution in [1.29, 1.82) is 0 Å². The monoisotopic (exact) mass is 269 g/mol. The van der Waals surface area contributed by atoms with Crippen LogP contribution in [0.15, 0.2) is 54.6 Å². The Kier molecular flexibility index (Phi) is 4.77. The summed E-state index contributed by atoms with van der Waals surface area (Å²) in [5.41, 5.74) is 1.41. The summed E-state index contributed by atoms with van der Waals surface area (Å²) in [5.74, 6) is 1.15. The molecular formula is C17H19NO2. The molecule has 2 aromatic carbocycles. The molecule has 0 spiro atoms. The molecule has 0 atom stereocenters. The number of para-hydroxylation sites is 1. The number of benzene rings is 2. The molecule has 0 heterocycles. The number of hydrogen-bond donors (Lipinski definition) is 1. The lowest BCUT2D eigenvalue weighted by atomic mass is 10.2. The first-order chi connectivity index (χ1) is 9.65. The second-order valence-electron chi connectivity index (χ2n) is 5.05. The first kappa shape index (κ1) is 14.1. The fourth-order valence-corrected chi connectivity index (χ4v) is 1.69. The van der Waals surface area contributed by atoms with E-state index in [9.17, 15) is 4.79 Å². The van der Waals surface area contributed by atoms with Crippen LogP contribution >= 0.6 is 0 Å². The first-order valence-corrected chi connectivity index (χ1v) is 6.74. The average molecular weight is 269 g/mol. The molecule has 0 saturated carbocycles. The van der Waals surface area contributed by atoms with Crippen molar-refractivity contribution in [1.82, 2.24) is 0 Å². The molecule has 0 aliphatic rings. The van der Waals surface area contributed by atoms with Gasteiger partial charge in [0.05, 0.1) is 6.61 Å². The maximum Gasteiger partial charge on any atom is 0.255 e. The molecule has 2 aromatic rings. The lowest BCUT2D eigenvalue weighted by molar-refractivity contribution is 0.102. The summed E-state index contributed by atoms with van der Waals surface area (Å²) in [6.45, 7) is 4.87. The second-order valence-corrected chi connectivity index (χ2v) is 5.05. The zero-order chi connectivity index (χ0) is 14.4. The topological polar surface area (TPSA) is 38.3 Å². The molecule has 0 saturated heterocycles. The van der Waals surface area contributed by atoms with Gasteiger partial charge >= 0.3 is 0 Å². The number of carbonyl (C=O) groups excluding carboxylic acids is 1. The van der Waals surface area contributed by atoms with E-state index in [0.717, 1.165) is 11.4 Å². The predicted molar refractivity (Wildman–Crippen MR) is 81.2 cm³/mol. The molecule has 3 nitrogen and oxygen atoms in total. The number of anilines is 1. The van der Waals surface area contributed by atoms with Crippen LogP contribution in [-0.4, -0.2) is 12.5 Å². The Morgan fingerprint density at radius 1 is 1.05 bits per heavy atom. The van der Waals surface area contributed by atoms with Crippen LogP contribution < -0.4 is 10.1 Å². The smallest absolute Gasteiger partial charge is 0.255 e. The molecule has 0 aliphatic carbocycles. The quantitative estimate of drug-likeness (QED) is 0.891. The summed E-state index contributed by atoms with van der Waals surface area (Å²) in [5, 5.41) is 2.85. The maximum absolute atomic E-state index is 12.0. The standard InChI is InChI=1S/C17H19NO2/c1-13(2)12-20-16-10-8-14(9-11-16)17(19)18-15-6-4-3-5-7-15/h3-11,13H,12H2,1-2H3,(H,18,19). The average Bonchev–Trinajstić information content (AvgIpc) is 2.46. The Labute approximate surface area is 119 Å². The number of carbonyl (C=O) groups is 1. The normalized spacial score (nSPS) is 10.3. The Bertz CT molecular complexity index is 547. The van der Waals surface area contributed by atoms with E-state index in [0.29, 0.717) is 18.1 Å². The van der Waals surface area contributed by atoms with E-state index in [1.165, 1.54) is 0 Å². The lowest BCUT2D eigenvalue weighted by Gasteiger charge is -2.09. The minimum Gasteiger partial charge on any atom is -0.493 e. The van der Waals surface area contributed by atoms with Gasteiger partial charge in [-0.05, 0) is 42.3 Å². The van der Waals surface area contributed by atoms with Crippen molar-refractivity contribution in [2.45, 2.75) is 13.8 Å². The fourth-order valence-electron chi connectivity index (χ4n) is 1.69. The second kappa shape index (κ2) is 6.75. The summed E-state index contributed by atoms with van der Waals surface area (Å²) in [4.78, 5) is 12.0. The van der Waals surface area contributed by atoms with Crippen molar-refractivity contribution in [2.75, 3.05) is 11.9 Å². The summed E-state index contributed by atoms with van der Waals surface area (Å²) in [7, 11) is 0. The van der Waals surface area contributed by atoms with Crippen LogP contribution in [0.4, 0.5) is 5.69 Å². The van der Waals surface area contributed by atoms with Crippen LogP contribution in [-0.2, 0) is 0 Å². The summed E-state index contributed by atoms with van der Waals surface area (Å²) in [6.07, 6.45) is 0. The minimum atomic E-state index is -0.119. The Morgan fingerprint density at radius 2 is 1.70 bits per heavy atom. The molecule has 0 aliphatic heterocycles. The van der Waals surface area contributed by atoms with Gasteiger partial charge in [0.25, 0.3) is 5.91 Å². The van der Waals surface area contributed by atoms with Gasteiger partial charge in [0, 0.05) is 11.3 Å². The van der Waals surface area contributed by atoms with Gasteiger partial charge in [0.1, 0.15) is 5.75 Å². The summed E-state index contributed by atoms with van der Waals surface area (Å²) >= 11 is 0. The Morgan fingerprint density at radius 3 is 2.30 bits per heavy atom. The van der Waals surface area contributed by atoms with Gasteiger partial charge in [-0.2, -0.15) is 0 Å². The molecule has 104 valence electrons. The van der Waals surface area contributed by atoms with Crippen molar-refractivity contribution in [3.63, 3.8) is 0 Å². The van der Waals surface area contributed by atoms with Crippen molar-refractivity contribution in [3.05, 3.63) is 60.2 Å². The molecule has 2 rings (SSSR count). The number of rotatable bonds is 5. The third-order valence-electron chi connectivity index (χ3n) is 2.73. The van der Waals surface area contributed by atoms with Crippen molar-refractivity contribution < 1.29 is 9.53 Å². The van der Waals surface area contributed by atoms with Crippen LogP contribution in [0.2, 0.25) is 0 Å². The first-order valence-electron chi connectivity index (χ1n) is 6.74. The highest BCUT2D eigenvalue weighted by atomic mass is 16.5. The van der Waals surface area contributed by atoms with Gasteiger partial charge in [-0.1, -0.05) is 32.0 Å². The van der Waals surface area contributed by atoms with E-state index < -0.39 is 0 Å². The Hall–Kier alpha value is -2.29. The van der Waals surface area contributed by atoms with Gasteiger partial charge in [-0.25, -0.2) is 0 Å². The Balaban J connectivity index is 1.97. The van der Waals surface area contributed by atoms with Crippen LogP contribution in [0.1, 0.15) is 24.2 Å². The summed E-state index contributed by atoms with van der Waals surface area (Å²) in [6, 6.07) is 16.6. The third kappa shape index (κ3) is 4.12. The summed E-state index contributed by atoms with van der Waals surface area (Å²) < 4.78 is 5.59. The van der Waals surface area contributed by atoms with E-state index in [1.807, 2.05) is 42.5 Å². The number of nitrogens with one attached hydrogen (secondary N) is 1. The number of amides is 1.